The summed E-state index contributed by atoms with van der Waals surface area (Å²) in [6, 6.07) is 8.31. The number of aliphatic hydroxyl groups excluding tert-OH is 1. The van der Waals surface area contributed by atoms with E-state index in [0.717, 1.165) is 10.5 Å². The number of hydrogen-bond acceptors (Lipinski definition) is 5. The molecule has 9 heteroatoms. The van der Waals surface area contributed by atoms with Gasteiger partial charge in [-0.3, -0.25) is 4.90 Å². The van der Waals surface area contributed by atoms with Crippen LogP contribution in [0.4, 0.5) is 4.79 Å². The molecule has 1 N–H and O–H groups in total. The highest BCUT2D eigenvalue weighted by atomic mass is 35.6. The molecule has 0 spiro atoms. The van der Waals surface area contributed by atoms with Crippen LogP contribution in [0.5, 0.6) is 0 Å². The SMILES string of the molecule is CC(C)(C)OC(=O)[C@H](O)[C@H]1[C@@H](CCc2ccccc2)OC(=O)N1C(Cl)(Cl)Cl. The van der Waals surface area contributed by atoms with E-state index in [0.29, 0.717) is 12.8 Å². The molecule has 1 amide bonds. The van der Waals surface area contributed by atoms with Crippen molar-refractivity contribution in [2.75, 3.05) is 0 Å². The van der Waals surface area contributed by atoms with Crippen molar-refractivity contribution in [1.82, 2.24) is 4.90 Å². The highest BCUT2D eigenvalue weighted by Crippen LogP contribution is 2.40. The standard InChI is InChI=1S/C18H22Cl3NO5/c1-17(2,3)27-15(24)14(23)13-12(10-9-11-7-5-4-6-8-11)26-16(25)22(13)18(19,20)21/h4-8,12-14,23H,9-10H2,1-3H3/t12-,13-,14-/m1/s1. The fraction of sp³-hybridized carbons (Fsp3) is 0.556. The zero-order valence-corrected chi connectivity index (χ0v) is 17.5. The molecule has 1 aromatic carbocycles. The van der Waals surface area contributed by atoms with Crippen molar-refractivity contribution >= 4 is 46.9 Å². The van der Waals surface area contributed by atoms with Gasteiger partial charge in [0.1, 0.15) is 17.7 Å². The number of halogens is 3. The Morgan fingerprint density at radius 3 is 2.37 bits per heavy atom. The number of alkyl halides is 3. The van der Waals surface area contributed by atoms with E-state index >= 15 is 0 Å². The molecule has 1 heterocycles. The predicted molar refractivity (Wildman–Crippen MR) is 103 cm³/mol. The first-order valence-electron chi connectivity index (χ1n) is 8.41. The second-order valence-corrected chi connectivity index (χ2v) is 9.47. The van der Waals surface area contributed by atoms with Crippen LogP contribution in [0, 0.1) is 0 Å². The Hall–Kier alpha value is -1.21. The van der Waals surface area contributed by atoms with Crippen LogP contribution in [0.3, 0.4) is 0 Å². The molecule has 0 aliphatic carbocycles. The average Bonchev–Trinajstić information content (AvgIpc) is 2.88. The Labute approximate surface area is 173 Å². The number of esters is 1. The number of benzene rings is 1. The quantitative estimate of drug-likeness (QED) is 0.429. The van der Waals surface area contributed by atoms with Crippen molar-refractivity contribution in [2.24, 2.45) is 0 Å². The second kappa shape index (κ2) is 8.43. The summed E-state index contributed by atoms with van der Waals surface area (Å²) in [5.74, 6) is -0.922. The molecular weight excluding hydrogens is 417 g/mol. The van der Waals surface area contributed by atoms with Crippen molar-refractivity contribution in [2.45, 2.75) is 61.4 Å². The molecule has 1 fully saturated rings. The van der Waals surface area contributed by atoms with Gasteiger partial charge in [0.25, 0.3) is 3.92 Å². The molecule has 6 nitrogen and oxygen atoms in total. The van der Waals surface area contributed by atoms with Gasteiger partial charge in [0.2, 0.25) is 0 Å². The maximum atomic E-state index is 12.3. The average molecular weight is 439 g/mol. The smallest absolute Gasteiger partial charge is 0.413 e. The van der Waals surface area contributed by atoms with Crippen LogP contribution in [0.25, 0.3) is 0 Å². The molecule has 0 bridgehead atoms. The molecule has 150 valence electrons. The molecule has 1 aliphatic heterocycles. The molecule has 2 rings (SSSR count). The van der Waals surface area contributed by atoms with Crippen molar-refractivity contribution in [3.8, 4) is 0 Å². The van der Waals surface area contributed by atoms with E-state index in [4.69, 9.17) is 44.3 Å². The first-order chi connectivity index (χ1) is 12.4. The summed E-state index contributed by atoms with van der Waals surface area (Å²) in [5.41, 5.74) is 0.178. The van der Waals surface area contributed by atoms with Gasteiger partial charge in [-0.15, -0.1) is 0 Å². The number of nitrogens with zero attached hydrogens (tertiary/aromatic N) is 1. The molecule has 1 aliphatic rings. The Kier molecular flexibility index (Phi) is 6.90. The van der Waals surface area contributed by atoms with E-state index < -0.39 is 39.8 Å². The Balaban J connectivity index is 2.23. The van der Waals surface area contributed by atoms with Gasteiger partial charge in [0.15, 0.2) is 6.10 Å². The summed E-state index contributed by atoms with van der Waals surface area (Å²) in [6.07, 6.45) is -2.62. The molecular formula is C18H22Cl3NO5. The van der Waals surface area contributed by atoms with Crippen LogP contribution in [-0.2, 0) is 20.7 Å². The minimum atomic E-state index is -2.19. The minimum absolute atomic E-state index is 0.331. The van der Waals surface area contributed by atoms with E-state index in [1.807, 2.05) is 30.3 Å². The molecule has 0 radical (unpaired) electrons. The number of cyclic esters (lactones) is 1. The number of ether oxygens (including phenoxy) is 2. The number of amides is 1. The molecule has 1 aromatic rings. The normalized spacial score (nSPS) is 21.7. The Morgan fingerprint density at radius 1 is 1.26 bits per heavy atom. The summed E-state index contributed by atoms with van der Waals surface area (Å²) < 4.78 is 8.32. The number of rotatable bonds is 5. The number of aryl methyl sites for hydroxylation is 1. The molecule has 0 unspecified atom stereocenters. The van der Waals surface area contributed by atoms with Crippen molar-refractivity contribution in [3.63, 3.8) is 0 Å². The fourth-order valence-corrected chi connectivity index (χ4v) is 3.39. The van der Waals surface area contributed by atoms with Gasteiger partial charge in [-0.1, -0.05) is 65.1 Å². The predicted octanol–water partition coefficient (Wildman–Crippen LogP) is 3.84. The summed E-state index contributed by atoms with van der Waals surface area (Å²) in [6.45, 7) is 4.98. The summed E-state index contributed by atoms with van der Waals surface area (Å²) in [7, 11) is 0. The van der Waals surface area contributed by atoms with Gasteiger partial charge in [0.05, 0.1) is 0 Å². The number of aliphatic hydroxyl groups is 1. The van der Waals surface area contributed by atoms with Gasteiger partial charge in [-0.05, 0) is 39.2 Å². The molecule has 1 saturated heterocycles. The molecule has 0 saturated carbocycles. The van der Waals surface area contributed by atoms with Gasteiger partial charge >= 0.3 is 12.1 Å². The van der Waals surface area contributed by atoms with E-state index in [9.17, 15) is 14.7 Å². The lowest BCUT2D eigenvalue weighted by molar-refractivity contribution is -0.168. The monoisotopic (exact) mass is 437 g/mol. The maximum absolute atomic E-state index is 12.3. The fourth-order valence-electron chi connectivity index (χ4n) is 2.85. The Morgan fingerprint density at radius 2 is 1.85 bits per heavy atom. The van der Waals surface area contributed by atoms with E-state index in [1.54, 1.807) is 20.8 Å². The van der Waals surface area contributed by atoms with Crippen LogP contribution < -0.4 is 0 Å². The Bertz CT molecular complexity index is 672. The van der Waals surface area contributed by atoms with Gasteiger partial charge in [-0.2, -0.15) is 0 Å². The van der Waals surface area contributed by atoms with Crippen LogP contribution in [0.2, 0.25) is 0 Å². The van der Waals surface area contributed by atoms with Crippen molar-refractivity contribution in [3.05, 3.63) is 35.9 Å². The van der Waals surface area contributed by atoms with Gasteiger partial charge in [0, 0.05) is 0 Å². The first kappa shape index (κ1) is 22.1. The summed E-state index contributed by atoms with van der Waals surface area (Å²) in [5, 5.41) is 10.6. The maximum Gasteiger partial charge on any atom is 0.413 e. The third kappa shape index (κ3) is 5.88. The first-order valence-corrected chi connectivity index (χ1v) is 9.55. The zero-order valence-electron chi connectivity index (χ0n) is 15.2. The molecule has 27 heavy (non-hydrogen) atoms. The van der Waals surface area contributed by atoms with E-state index in [-0.39, 0.29) is 0 Å². The van der Waals surface area contributed by atoms with Crippen molar-refractivity contribution in [1.29, 1.82) is 0 Å². The molecule has 3 atom stereocenters. The van der Waals surface area contributed by atoms with Crippen LogP contribution in [-0.4, -0.2) is 49.8 Å². The van der Waals surface area contributed by atoms with Gasteiger partial charge < -0.3 is 14.6 Å². The van der Waals surface area contributed by atoms with E-state index in [1.165, 1.54) is 0 Å². The summed E-state index contributed by atoms with van der Waals surface area (Å²) in [4.78, 5) is 25.4. The van der Waals surface area contributed by atoms with Crippen LogP contribution in [0.1, 0.15) is 32.8 Å². The lowest BCUT2D eigenvalue weighted by Crippen LogP contribution is -2.54. The topological polar surface area (TPSA) is 76.1 Å². The molecule has 0 aromatic heterocycles. The highest BCUT2D eigenvalue weighted by Gasteiger charge is 2.55. The number of carbonyl (C=O) groups excluding carboxylic acids is 2. The number of carbonyl (C=O) groups is 2. The third-order valence-electron chi connectivity index (χ3n) is 3.93. The largest absolute Gasteiger partial charge is 0.458 e. The van der Waals surface area contributed by atoms with Crippen LogP contribution >= 0.6 is 34.8 Å². The minimum Gasteiger partial charge on any atom is -0.458 e. The van der Waals surface area contributed by atoms with E-state index in [2.05, 4.69) is 0 Å². The summed E-state index contributed by atoms with van der Waals surface area (Å²) >= 11 is 17.7. The third-order valence-corrected chi connectivity index (χ3v) is 4.48. The number of hydrogen-bond donors (Lipinski definition) is 1. The van der Waals surface area contributed by atoms with Gasteiger partial charge in [-0.25, -0.2) is 9.59 Å². The lowest BCUT2D eigenvalue weighted by Gasteiger charge is -2.33. The van der Waals surface area contributed by atoms with Crippen LogP contribution in [0.15, 0.2) is 30.3 Å². The second-order valence-electron chi connectivity index (χ2n) is 7.25. The van der Waals surface area contributed by atoms with Crippen molar-refractivity contribution < 1.29 is 24.2 Å². The highest BCUT2D eigenvalue weighted by molar-refractivity contribution is 6.67. The zero-order chi connectivity index (χ0) is 20.4. The lowest BCUT2D eigenvalue weighted by atomic mass is 9.98.